The summed E-state index contributed by atoms with van der Waals surface area (Å²) < 4.78 is 0. The molecule has 1 rings (SSSR count). The van der Waals surface area contributed by atoms with E-state index in [4.69, 9.17) is 0 Å². The van der Waals surface area contributed by atoms with Gasteiger partial charge in [0.05, 0.1) is 6.54 Å². The minimum atomic E-state index is 0. The van der Waals surface area contributed by atoms with Crippen LogP contribution in [0.2, 0.25) is 0 Å². The Morgan fingerprint density at radius 2 is 1.57 bits per heavy atom. The van der Waals surface area contributed by atoms with Gasteiger partial charge >= 0.3 is 0 Å². The number of nitrogens with one attached hydrogen (secondary N) is 1. The smallest absolute Gasteiger partial charge is 0.239 e. The van der Waals surface area contributed by atoms with Gasteiger partial charge in [-0.2, -0.15) is 0 Å². The molecule has 3 nitrogen and oxygen atoms in total. The van der Waals surface area contributed by atoms with E-state index in [1.807, 2.05) is 23.3 Å². The Balaban J connectivity index is 0.00000484. The zero-order valence-corrected chi connectivity index (χ0v) is 15.6. The Bertz CT molecular complexity index is 342. The molecule has 0 aromatic rings. The van der Waals surface area contributed by atoms with Crippen molar-refractivity contribution in [2.75, 3.05) is 19.6 Å². The van der Waals surface area contributed by atoms with E-state index in [0.29, 0.717) is 6.54 Å². The van der Waals surface area contributed by atoms with Crippen LogP contribution in [0, 0.1) is 0 Å². The molecule has 0 saturated carbocycles. The van der Waals surface area contributed by atoms with E-state index in [-0.39, 0.29) is 18.3 Å². The van der Waals surface area contributed by atoms with Crippen molar-refractivity contribution in [2.24, 2.45) is 0 Å². The number of carbonyl (C=O) groups is 1. The van der Waals surface area contributed by atoms with Crippen molar-refractivity contribution in [1.29, 1.82) is 0 Å². The molecular formula is C19H35ClN2O. The first kappa shape index (κ1) is 22.0. The van der Waals surface area contributed by atoms with Crippen LogP contribution in [0.3, 0.4) is 0 Å². The zero-order chi connectivity index (χ0) is 15.9. The molecule has 0 saturated heterocycles. The van der Waals surface area contributed by atoms with Crippen LogP contribution >= 0.6 is 12.4 Å². The summed E-state index contributed by atoms with van der Waals surface area (Å²) in [5.41, 5.74) is 0. The van der Waals surface area contributed by atoms with Crippen LogP contribution in [0.4, 0.5) is 0 Å². The summed E-state index contributed by atoms with van der Waals surface area (Å²) in [4.78, 5) is 13.8. The number of allylic oxidation sites excluding steroid dienone is 2. The molecule has 1 amide bonds. The maximum Gasteiger partial charge on any atom is 0.239 e. The highest BCUT2D eigenvalue weighted by Crippen LogP contribution is 2.10. The highest BCUT2D eigenvalue weighted by atomic mass is 35.5. The molecule has 1 aliphatic rings. The number of halogens is 1. The Morgan fingerprint density at radius 3 is 2.13 bits per heavy atom. The number of hydrogen-bond donors (Lipinski definition) is 1. The third-order valence-electron chi connectivity index (χ3n) is 4.08. The molecule has 0 fully saturated rings. The normalized spacial score (nSPS) is 13.0. The van der Waals surface area contributed by atoms with Gasteiger partial charge in [0.15, 0.2) is 0 Å². The molecule has 0 bridgehead atoms. The van der Waals surface area contributed by atoms with Gasteiger partial charge in [0, 0.05) is 13.1 Å². The molecule has 4 heteroatoms. The summed E-state index contributed by atoms with van der Waals surface area (Å²) in [5, 5.41) is 3.02. The van der Waals surface area contributed by atoms with Crippen molar-refractivity contribution >= 4 is 18.3 Å². The SMILES string of the molecule is CCCCCCCCCCCCNC(=O)CN1C=CC=CC1.Cl. The molecule has 0 aromatic carbocycles. The fraction of sp³-hybridized carbons (Fsp3) is 0.737. The maximum absolute atomic E-state index is 11.8. The van der Waals surface area contributed by atoms with Gasteiger partial charge in [0.2, 0.25) is 5.91 Å². The van der Waals surface area contributed by atoms with E-state index in [1.165, 1.54) is 57.8 Å². The van der Waals surface area contributed by atoms with Crippen LogP contribution < -0.4 is 5.32 Å². The molecule has 1 heterocycles. The number of unbranched alkanes of at least 4 members (excludes halogenated alkanes) is 9. The molecule has 23 heavy (non-hydrogen) atoms. The minimum Gasteiger partial charge on any atom is -0.364 e. The minimum absolute atomic E-state index is 0. The second-order valence-electron chi connectivity index (χ2n) is 6.23. The lowest BCUT2D eigenvalue weighted by molar-refractivity contribution is -0.121. The predicted octanol–water partition coefficient (Wildman–Crippen LogP) is 4.83. The summed E-state index contributed by atoms with van der Waals surface area (Å²) in [7, 11) is 0. The molecule has 1 aliphatic heterocycles. The summed E-state index contributed by atoms with van der Waals surface area (Å²) in [6.07, 6.45) is 21.3. The fourth-order valence-corrected chi connectivity index (χ4v) is 2.70. The number of rotatable bonds is 13. The average Bonchev–Trinajstić information content (AvgIpc) is 2.53. The van der Waals surface area contributed by atoms with Gasteiger partial charge in [-0.15, -0.1) is 12.4 Å². The summed E-state index contributed by atoms with van der Waals surface area (Å²) in [6.45, 7) is 4.39. The molecule has 134 valence electrons. The van der Waals surface area contributed by atoms with Gasteiger partial charge in [0.1, 0.15) is 0 Å². The first-order valence-corrected chi connectivity index (χ1v) is 9.17. The van der Waals surface area contributed by atoms with Crippen LogP contribution in [0.1, 0.15) is 71.1 Å². The van der Waals surface area contributed by atoms with Crippen LogP contribution in [0.25, 0.3) is 0 Å². The number of hydrogen-bond acceptors (Lipinski definition) is 2. The predicted molar refractivity (Wildman–Crippen MR) is 102 cm³/mol. The third-order valence-corrected chi connectivity index (χ3v) is 4.08. The number of nitrogens with zero attached hydrogens (tertiary/aromatic N) is 1. The Hall–Kier alpha value is -0.960. The highest BCUT2D eigenvalue weighted by Gasteiger charge is 2.06. The molecule has 1 N–H and O–H groups in total. The summed E-state index contributed by atoms with van der Waals surface area (Å²) >= 11 is 0. The molecule has 0 atom stereocenters. The number of amides is 1. The molecule has 0 spiro atoms. The van der Waals surface area contributed by atoms with Gasteiger partial charge in [0.25, 0.3) is 0 Å². The first-order chi connectivity index (χ1) is 10.8. The molecular weight excluding hydrogens is 308 g/mol. The van der Waals surface area contributed by atoms with Gasteiger partial charge in [-0.25, -0.2) is 0 Å². The molecule has 0 aliphatic carbocycles. The van der Waals surface area contributed by atoms with Gasteiger partial charge in [-0.3, -0.25) is 4.79 Å². The quantitative estimate of drug-likeness (QED) is 0.486. The van der Waals surface area contributed by atoms with Crippen LogP contribution in [0.5, 0.6) is 0 Å². The summed E-state index contributed by atoms with van der Waals surface area (Å²) in [5.74, 6) is 0.135. The molecule has 0 radical (unpaired) electrons. The van der Waals surface area contributed by atoms with Crippen molar-refractivity contribution in [3.8, 4) is 0 Å². The molecule has 0 unspecified atom stereocenters. The van der Waals surface area contributed by atoms with Crippen LogP contribution in [-0.2, 0) is 4.79 Å². The van der Waals surface area contributed by atoms with Gasteiger partial charge < -0.3 is 10.2 Å². The Kier molecular flexibility index (Phi) is 15.3. The average molecular weight is 343 g/mol. The van der Waals surface area contributed by atoms with E-state index in [9.17, 15) is 4.79 Å². The fourth-order valence-electron chi connectivity index (χ4n) is 2.70. The number of carbonyl (C=O) groups excluding carboxylic acids is 1. The Morgan fingerprint density at radius 1 is 0.957 bits per heavy atom. The van der Waals surface area contributed by atoms with Crippen molar-refractivity contribution in [2.45, 2.75) is 71.1 Å². The highest BCUT2D eigenvalue weighted by molar-refractivity contribution is 5.85. The molecule has 0 aromatic heterocycles. The third kappa shape index (κ3) is 13.2. The second-order valence-corrected chi connectivity index (χ2v) is 6.23. The van der Waals surface area contributed by atoms with E-state index in [2.05, 4.69) is 18.3 Å². The lowest BCUT2D eigenvalue weighted by Gasteiger charge is -2.19. The topological polar surface area (TPSA) is 32.3 Å². The van der Waals surface area contributed by atoms with Crippen molar-refractivity contribution in [3.05, 3.63) is 24.4 Å². The van der Waals surface area contributed by atoms with Crippen LogP contribution in [0.15, 0.2) is 24.4 Å². The van der Waals surface area contributed by atoms with Crippen LogP contribution in [-0.4, -0.2) is 30.4 Å². The summed E-state index contributed by atoms with van der Waals surface area (Å²) in [6, 6.07) is 0. The van der Waals surface area contributed by atoms with Gasteiger partial charge in [-0.05, 0) is 18.7 Å². The lowest BCUT2D eigenvalue weighted by atomic mass is 10.1. The maximum atomic E-state index is 11.8. The zero-order valence-electron chi connectivity index (χ0n) is 14.8. The lowest BCUT2D eigenvalue weighted by Crippen LogP contribution is -2.35. The standard InChI is InChI=1S/C19H34N2O.ClH/c1-2-3-4-5-6-7-8-9-10-12-15-20-19(22)18-21-16-13-11-14-17-21;/h11,13-14,16H,2-10,12,15,17-18H2,1H3,(H,20,22);1H. The van der Waals surface area contributed by atoms with Crippen molar-refractivity contribution < 1.29 is 4.79 Å². The van der Waals surface area contributed by atoms with E-state index in [1.54, 1.807) is 0 Å². The largest absolute Gasteiger partial charge is 0.364 e. The first-order valence-electron chi connectivity index (χ1n) is 9.17. The van der Waals surface area contributed by atoms with Gasteiger partial charge in [-0.1, -0.05) is 76.9 Å². The van der Waals surface area contributed by atoms with E-state index >= 15 is 0 Å². The van der Waals surface area contributed by atoms with Crippen molar-refractivity contribution in [3.63, 3.8) is 0 Å². The van der Waals surface area contributed by atoms with Crippen molar-refractivity contribution in [1.82, 2.24) is 10.2 Å². The second kappa shape index (κ2) is 15.9. The monoisotopic (exact) mass is 342 g/mol. The van der Waals surface area contributed by atoms with E-state index < -0.39 is 0 Å². The Labute approximate surface area is 149 Å². The van der Waals surface area contributed by atoms with E-state index in [0.717, 1.165) is 19.5 Å².